The molecule has 4 rings (SSSR count). The van der Waals surface area contributed by atoms with Gasteiger partial charge >= 0.3 is 0 Å². The minimum atomic E-state index is -0.102. The number of fused-ring (bicyclic) bond motifs is 1. The number of aromatic nitrogens is 2. The second kappa shape index (κ2) is 6.26. The van der Waals surface area contributed by atoms with Crippen molar-refractivity contribution in [2.45, 2.75) is 6.10 Å². The topological polar surface area (TPSA) is 46.8 Å². The van der Waals surface area contributed by atoms with Crippen molar-refractivity contribution < 1.29 is 9.53 Å². The number of rotatable bonds is 2. The van der Waals surface area contributed by atoms with Gasteiger partial charge in [-0.25, -0.2) is 4.98 Å². The van der Waals surface area contributed by atoms with Crippen LogP contribution in [-0.4, -0.2) is 39.9 Å². The van der Waals surface area contributed by atoms with Crippen molar-refractivity contribution in [1.29, 1.82) is 0 Å². The number of carbonyl (C=O) groups is 1. The summed E-state index contributed by atoms with van der Waals surface area (Å²) in [5.74, 6) is -0.0842. The number of hydrogen-bond acceptors (Lipinski definition) is 3. The van der Waals surface area contributed by atoms with Gasteiger partial charge in [0.15, 0.2) is 0 Å². The molecule has 0 saturated carbocycles. The molecule has 1 amide bonds. The molecule has 0 aliphatic carbocycles. The largest absolute Gasteiger partial charge is 0.370 e. The van der Waals surface area contributed by atoms with Gasteiger partial charge in [0.1, 0.15) is 17.4 Å². The average Bonchev–Trinajstić information content (AvgIpc) is 3.05. The Kier molecular flexibility index (Phi) is 3.96. The van der Waals surface area contributed by atoms with Crippen LogP contribution in [0.4, 0.5) is 0 Å². The maximum Gasteiger partial charge on any atom is 0.274 e. The Morgan fingerprint density at radius 2 is 2.00 bits per heavy atom. The number of hydrogen-bond donors (Lipinski definition) is 0. The normalized spacial score (nSPS) is 18.0. The molecule has 2 aromatic heterocycles. The minimum absolute atomic E-state index is 0.0842. The van der Waals surface area contributed by atoms with E-state index in [2.05, 4.69) is 4.98 Å². The lowest BCUT2D eigenvalue weighted by Gasteiger charge is -2.32. The van der Waals surface area contributed by atoms with Gasteiger partial charge < -0.3 is 14.0 Å². The number of nitrogens with zero attached hydrogens (tertiary/aromatic N) is 3. The van der Waals surface area contributed by atoms with Crippen molar-refractivity contribution in [2.75, 3.05) is 19.7 Å². The molecule has 0 bridgehead atoms. The summed E-state index contributed by atoms with van der Waals surface area (Å²) in [6, 6.07) is 13.5. The lowest BCUT2D eigenvalue weighted by atomic mass is 10.1. The Morgan fingerprint density at radius 1 is 1.17 bits per heavy atom. The Hall–Kier alpha value is -2.37. The van der Waals surface area contributed by atoms with Crippen molar-refractivity contribution in [2.24, 2.45) is 0 Å². The lowest BCUT2D eigenvalue weighted by Crippen LogP contribution is -2.42. The number of halogens is 1. The molecule has 1 aliphatic rings. The maximum atomic E-state index is 12.8. The first-order valence-corrected chi connectivity index (χ1v) is 8.18. The molecule has 0 N–H and O–H groups in total. The first-order valence-electron chi connectivity index (χ1n) is 7.81. The molecule has 1 aliphatic heterocycles. The van der Waals surface area contributed by atoms with E-state index in [1.165, 1.54) is 0 Å². The van der Waals surface area contributed by atoms with Gasteiger partial charge in [-0.15, -0.1) is 0 Å². The van der Waals surface area contributed by atoms with E-state index in [9.17, 15) is 4.79 Å². The Labute approximate surface area is 144 Å². The lowest BCUT2D eigenvalue weighted by molar-refractivity contribution is -0.0229. The van der Waals surface area contributed by atoms with Crippen LogP contribution in [0.2, 0.25) is 5.02 Å². The van der Waals surface area contributed by atoms with Crippen LogP contribution in [0.25, 0.3) is 5.65 Å². The molecule has 1 fully saturated rings. The van der Waals surface area contributed by atoms with E-state index in [-0.39, 0.29) is 12.0 Å². The van der Waals surface area contributed by atoms with Gasteiger partial charge in [-0.3, -0.25) is 4.79 Å². The quantitative estimate of drug-likeness (QED) is 0.719. The van der Waals surface area contributed by atoms with Crippen LogP contribution in [-0.2, 0) is 4.74 Å². The summed E-state index contributed by atoms with van der Waals surface area (Å²) in [5.41, 5.74) is 2.21. The molecule has 1 aromatic carbocycles. The molecule has 0 spiro atoms. The van der Waals surface area contributed by atoms with E-state index in [1.54, 1.807) is 33.8 Å². The molecule has 1 atom stereocenters. The van der Waals surface area contributed by atoms with E-state index in [4.69, 9.17) is 16.3 Å². The summed E-state index contributed by atoms with van der Waals surface area (Å²) >= 11 is 5.98. The van der Waals surface area contributed by atoms with Crippen molar-refractivity contribution in [3.05, 3.63) is 71.1 Å². The average molecular weight is 342 g/mol. The van der Waals surface area contributed by atoms with Gasteiger partial charge in [0.25, 0.3) is 5.91 Å². The van der Waals surface area contributed by atoms with Crippen LogP contribution in [0, 0.1) is 0 Å². The summed E-state index contributed by atoms with van der Waals surface area (Å²) in [6.07, 6.45) is 3.36. The molecule has 3 aromatic rings. The SMILES string of the molecule is O=C(c1cn2cc(Cl)ccc2n1)N1CCO[C@H](c2ccccc2)C1. The van der Waals surface area contributed by atoms with Crippen molar-refractivity contribution in [3.63, 3.8) is 0 Å². The second-order valence-electron chi connectivity index (χ2n) is 5.76. The molecule has 0 radical (unpaired) electrons. The number of imidazole rings is 1. The van der Waals surface area contributed by atoms with Crippen LogP contribution >= 0.6 is 11.6 Å². The van der Waals surface area contributed by atoms with Gasteiger partial charge in [-0.05, 0) is 17.7 Å². The fourth-order valence-electron chi connectivity index (χ4n) is 2.93. The molecular weight excluding hydrogens is 326 g/mol. The van der Waals surface area contributed by atoms with E-state index < -0.39 is 0 Å². The van der Waals surface area contributed by atoms with Crippen molar-refractivity contribution >= 4 is 23.2 Å². The smallest absolute Gasteiger partial charge is 0.274 e. The minimum Gasteiger partial charge on any atom is -0.370 e. The highest BCUT2D eigenvalue weighted by atomic mass is 35.5. The maximum absolute atomic E-state index is 12.8. The van der Waals surface area contributed by atoms with E-state index in [1.807, 2.05) is 30.3 Å². The number of amides is 1. The number of ether oxygens (including phenoxy) is 1. The van der Waals surface area contributed by atoms with Crippen LogP contribution in [0.1, 0.15) is 22.2 Å². The first-order chi connectivity index (χ1) is 11.7. The molecule has 24 heavy (non-hydrogen) atoms. The zero-order valence-corrected chi connectivity index (χ0v) is 13.7. The van der Waals surface area contributed by atoms with Crippen LogP contribution in [0.5, 0.6) is 0 Å². The number of benzene rings is 1. The monoisotopic (exact) mass is 341 g/mol. The van der Waals surface area contributed by atoms with E-state index >= 15 is 0 Å². The van der Waals surface area contributed by atoms with E-state index in [0.717, 1.165) is 5.56 Å². The van der Waals surface area contributed by atoms with Crippen LogP contribution in [0.15, 0.2) is 54.9 Å². The zero-order valence-electron chi connectivity index (χ0n) is 12.9. The predicted molar refractivity (Wildman–Crippen MR) is 91.2 cm³/mol. The highest BCUT2D eigenvalue weighted by Crippen LogP contribution is 2.23. The molecule has 0 unspecified atom stereocenters. The summed E-state index contributed by atoms with van der Waals surface area (Å²) < 4.78 is 7.59. The predicted octanol–water partition coefficient (Wildman–Crippen LogP) is 3.20. The summed E-state index contributed by atoms with van der Waals surface area (Å²) in [6.45, 7) is 1.61. The third-order valence-electron chi connectivity index (χ3n) is 4.16. The third-order valence-corrected chi connectivity index (χ3v) is 4.38. The van der Waals surface area contributed by atoms with Gasteiger partial charge in [0.05, 0.1) is 18.2 Å². The van der Waals surface area contributed by atoms with Gasteiger partial charge in [-0.1, -0.05) is 41.9 Å². The van der Waals surface area contributed by atoms with Crippen LogP contribution < -0.4 is 0 Å². The summed E-state index contributed by atoms with van der Waals surface area (Å²) in [4.78, 5) is 19.0. The number of morpholine rings is 1. The Morgan fingerprint density at radius 3 is 2.83 bits per heavy atom. The van der Waals surface area contributed by atoms with Crippen LogP contribution in [0.3, 0.4) is 0 Å². The third kappa shape index (κ3) is 2.88. The standard InChI is InChI=1S/C18H16ClN3O2/c19-14-6-7-17-20-15(11-22(17)10-14)18(23)21-8-9-24-16(12-21)13-4-2-1-3-5-13/h1-7,10-11,16H,8-9,12H2/t16-/m0/s1. The fraction of sp³-hybridized carbons (Fsp3) is 0.222. The summed E-state index contributed by atoms with van der Waals surface area (Å²) in [5, 5.41) is 0.606. The second-order valence-corrected chi connectivity index (χ2v) is 6.20. The Balaban J connectivity index is 1.56. The molecule has 1 saturated heterocycles. The van der Waals surface area contributed by atoms with Crippen molar-refractivity contribution in [1.82, 2.24) is 14.3 Å². The zero-order chi connectivity index (χ0) is 16.5. The number of carbonyl (C=O) groups excluding carboxylic acids is 1. The first kappa shape index (κ1) is 15.2. The van der Waals surface area contributed by atoms with Crippen molar-refractivity contribution in [3.8, 4) is 0 Å². The summed E-state index contributed by atoms with van der Waals surface area (Å²) in [7, 11) is 0. The highest BCUT2D eigenvalue weighted by molar-refractivity contribution is 6.30. The van der Waals surface area contributed by atoms with Gasteiger partial charge in [0, 0.05) is 18.9 Å². The molecule has 122 valence electrons. The van der Waals surface area contributed by atoms with E-state index in [0.29, 0.717) is 36.1 Å². The molecular formula is C18H16ClN3O2. The molecule has 6 heteroatoms. The van der Waals surface area contributed by atoms with Gasteiger partial charge in [-0.2, -0.15) is 0 Å². The van der Waals surface area contributed by atoms with Gasteiger partial charge in [0.2, 0.25) is 0 Å². The Bertz CT molecular complexity index is 878. The number of pyridine rings is 1. The molecule has 3 heterocycles. The molecule has 5 nitrogen and oxygen atoms in total. The highest BCUT2D eigenvalue weighted by Gasteiger charge is 2.27. The fourth-order valence-corrected chi connectivity index (χ4v) is 3.10.